The van der Waals surface area contributed by atoms with E-state index in [1.807, 2.05) is 0 Å². The number of carbonyl (C=O) groups excluding carboxylic acids is 2. The average molecular weight is 430 g/mol. The number of fused-ring (bicyclic) bond motifs is 1. The maximum atomic E-state index is 13.0. The van der Waals surface area contributed by atoms with Crippen molar-refractivity contribution in [2.24, 2.45) is 0 Å². The Morgan fingerprint density at radius 2 is 2.17 bits per heavy atom. The predicted octanol–water partition coefficient (Wildman–Crippen LogP) is 3.26. The lowest BCUT2D eigenvalue weighted by Gasteiger charge is -2.36. The van der Waals surface area contributed by atoms with E-state index in [1.165, 1.54) is 0 Å². The molecule has 0 aliphatic carbocycles. The van der Waals surface area contributed by atoms with Gasteiger partial charge >= 0.3 is 0 Å². The van der Waals surface area contributed by atoms with E-state index in [9.17, 15) is 14.4 Å². The molecule has 1 saturated heterocycles. The minimum atomic E-state index is -0.929. The van der Waals surface area contributed by atoms with Crippen LogP contribution in [0.4, 0.5) is 17.5 Å². The number of H-pyrrole nitrogens is 1. The predicted molar refractivity (Wildman–Crippen MR) is 116 cm³/mol. The normalized spacial score (nSPS) is 21.0. The summed E-state index contributed by atoms with van der Waals surface area (Å²) in [6.07, 6.45) is 4.03. The Hall–Kier alpha value is -2.87. The number of nitrogens with one attached hydrogen (secondary N) is 3. The van der Waals surface area contributed by atoms with E-state index < -0.39 is 17.4 Å². The number of carbonyl (C=O) groups is 2. The molecule has 3 heterocycles. The summed E-state index contributed by atoms with van der Waals surface area (Å²) in [6.45, 7) is 2.91. The Morgan fingerprint density at radius 3 is 2.93 bits per heavy atom. The van der Waals surface area contributed by atoms with Crippen molar-refractivity contribution < 1.29 is 9.59 Å². The van der Waals surface area contributed by atoms with Crippen LogP contribution in [0.2, 0.25) is 5.02 Å². The molecule has 2 aromatic rings. The van der Waals surface area contributed by atoms with Gasteiger partial charge in [-0.15, -0.1) is 0 Å². The molecule has 9 heteroatoms. The smallest absolute Gasteiger partial charge is 0.258 e. The van der Waals surface area contributed by atoms with Crippen molar-refractivity contribution in [1.82, 2.24) is 9.97 Å². The summed E-state index contributed by atoms with van der Waals surface area (Å²) in [4.78, 5) is 47.6. The van der Waals surface area contributed by atoms with E-state index in [2.05, 4.69) is 32.4 Å². The van der Waals surface area contributed by atoms with Gasteiger partial charge in [0.25, 0.3) is 5.56 Å². The maximum Gasteiger partial charge on any atom is 0.258 e. The number of hydrogen-bond donors (Lipinski definition) is 3. The highest BCUT2D eigenvalue weighted by molar-refractivity contribution is 6.30. The number of halogens is 1. The first-order chi connectivity index (χ1) is 14.5. The van der Waals surface area contributed by atoms with E-state index in [0.717, 1.165) is 32.2 Å². The van der Waals surface area contributed by atoms with Crippen molar-refractivity contribution in [3.63, 3.8) is 0 Å². The molecule has 3 N–H and O–H groups in total. The van der Waals surface area contributed by atoms with Crippen molar-refractivity contribution in [2.45, 2.75) is 51.0 Å². The summed E-state index contributed by atoms with van der Waals surface area (Å²) in [7, 11) is 0. The van der Waals surface area contributed by atoms with E-state index in [0.29, 0.717) is 22.7 Å². The summed E-state index contributed by atoms with van der Waals surface area (Å²) in [5, 5.41) is 5.89. The lowest BCUT2D eigenvalue weighted by atomic mass is 9.92. The number of piperidine rings is 1. The molecular weight excluding hydrogens is 406 g/mol. The molecule has 2 atom stereocenters. The zero-order valence-electron chi connectivity index (χ0n) is 16.7. The highest BCUT2D eigenvalue weighted by Crippen LogP contribution is 2.32. The Morgan fingerprint density at radius 1 is 1.33 bits per heavy atom. The van der Waals surface area contributed by atoms with Crippen LogP contribution < -0.4 is 21.1 Å². The molecule has 0 bridgehead atoms. The number of amides is 2. The van der Waals surface area contributed by atoms with Crippen molar-refractivity contribution >= 4 is 40.9 Å². The molecule has 4 rings (SSSR count). The van der Waals surface area contributed by atoms with Crippen LogP contribution in [-0.4, -0.2) is 34.4 Å². The zero-order valence-corrected chi connectivity index (χ0v) is 17.5. The minimum absolute atomic E-state index is 0.120. The van der Waals surface area contributed by atoms with Crippen molar-refractivity contribution in [3.8, 4) is 0 Å². The topological polar surface area (TPSA) is 107 Å². The summed E-state index contributed by atoms with van der Waals surface area (Å²) in [5.41, 5.74) is 0.282. The van der Waals surface area contributed by atoms with Crippen molar-refractivity contribution in [2.75, 3.05) is 22.1 Å². The van der Waals surface area contributed by atoms with Crippen LogP contribution in [0.15, 0.2) is 29.1 Å². The molecule has 0 saturated carbocycles. The van der Waals surface area contributed by atoms with Gasteiger partial charge in [0.05, 0.1) is 11.5 Å². The van der Waals surface area contributed by atoms with Gasteiger partial charge in [0.2, 0.25) is 17.8 Å². The van der Waals surface area contributed by atoms with Gasteiger partial charge < -0.3 is 15.5 Å². The molecule has 2 aliphatic rings. The van der Waals surface area contributed by atoms with Crippen LogP contribution in [0.25, 0.3) is 0 Å². The van der Waals surface area contributed by atoms with Crippen LogP contribution in [0.3, 0.4) is 0 Å². The zero-order chi connectivity index (χ0) is 21.3. The van der Waals surface area contributed by atoms with Crippen LogP contribution in [0.5, 0.6) is 0 Å². The summed E-state index contributed by atoms with van der Waals surface area (Å²) in [6, 6.07) is 7.00. The minimum Gasteiger partial charge on any atom is -0.339 e. The molecule has 1 aromatic carbocycles. The largest absolute Gasteiger partial charge is 0.339 e. The Bertz CT molecular complexity index is 1040. The molecule has 158 valence electrons. The molecule has 1 fully saturated rings. The van der Waals surface area contributed by atoms with Gasteiger partial charge in [0, 0.05) is 29.7 Å². The Labute approximate surface area is 179 Å². The summed E-state index contributed by atoms with van der Waals surface area (Å²) < 4.78 is 0. The van der Waals surface area contributed by atoms with Gasteiger partial charge in [-0.3, -0.25) is 19.4 Å². The summed E-state index contributed by atoms with van der Waals surface area (Å²) >= 11 is 5.97. The van der Waals surface area contributed by atoms with Crippen molar-refractivity contribution in [1.29, 1.82) is 0 Å². The Kier molecular flexibility index (Phi) is 5.76. The fourth-order valence-electron chi connectivity index (χ4n) is 4.22. The fraction of sp³-hybridized carbons (Fsp3) is 0.429. The van der Waals surface area contributed by atoms with Crippen LogP contribution in [-0.2, 0) is 9.59 Å². The van der Waals surface area contributed by atoms with Crippen LogP contribution in [0.1, 0.15) is 50.5 Å². The second-order valence-corrected chi connectivity index (χ2v) is 8.14. The molecule has 2 unspecified atom stereocenters. The maximum absolute atomic E-state index is 13.0. The van der Waals surface area contributed by atoms with Gasteiger partial charge in [-0.2, -0.15) is 4.98 Å². The highest BCUT2D eigenvalue weighted by atomic mass is 35.5. The Balaban J connectivity index is 1.66. The number of anilines is 3. The van der Waals surface area contributed by atoms with Crippen molar-refractivity contribution in [3.05, 3.63) is 45.2 Å². The molecule has 0 radical (unpaired) electrons. The molecule has 2 amide bonds. The third kappa shape index (κ3) is 4.05. The number of benzene rings is 1. The van der Waals surface area contributed by atoms with Gasteiger partial charge in [-0.05, 0) is 43.9 Å². The average Bonchev–Trinajstić information content (AvgIpc) is 2.72. The van der Waals surface area contributed by atoms with Crippen LogP contribution >= 0.6 is 11.6 Å². The molecule has 8 nitrogen and oxygen atoms in total. The highest BCUT2D eigenvalue weighted by Gasteiger charge is 2.35. The quantitative estimate of drug-likeness (QED) is 0.691. The number of nitrogens with zero attached hydrogens (tertiary/aromatic N) is 2. The second-order valence-electron chi connectivity index (χ2n) is 7.71. The van der Waals surface area contributed by atoms with Gasteiger partial charge in [0.1, 0.15) is 5.82 Å². The SMILES string of the molecule is CCC1CCCCN1c1nc2c(c(=O)[nH]1)C(C(=O)Nc1cccc(Cl)c1)CC(=O)N2. The van der Waals surface area contributed by atoms with E-state index in [1.54, 1.807) is 24.3 Å². The van der Waals surface area contributed by atoms with Gasteiger partial charge in [-0.25, -0.2) is 0 Å². The van der Waals surface area contributed by atoms with Gasteiger partial charge in [-0.1, -0.05) is 24.6 Å². The third-order valence-corrected chi connectivity index (χ3v) is 5.95. The third-order valence-electron chi connectivity index (χ3n) is 5.72. The number of aromatic amines is 1. The monoisotopic (exact) mass is 429 g/mol. The van der Waals surface area contributed by atoms with Gasteiger partial charge in [0.15, 0.2) is 0 Å². The second kappa shape index (κ2) is 8.47. The molecule has 2 aliphatic heterocycles. The lowest BCUT2D eigenvalue weighted by Crippen LogP contribution is -2.43. The molecular formula is C21H24ClN5O3. The summed E-state index contributed by atoms with van der Waals surface area (Å²) in [5.74, 6) is -1.11. The molecule has 0 spiro atoms. The standard InChI is InChI=1S/C21H24ClN5O3/c1-2-14-8-3-4-9-27(14)21-25-18-17(20(30)26-21)15(11-16(28)24-18)19(29)23-13-7-5-6-12(22)10-13/h5-7,10,14-15H,2-4,8-9,11H2,1H3,(H,23,29)(H2,24,25,26,28,30). The molecule has 1 aromatic heterocycles. The number of aromatic nitrogens is 2. The number of hydrogen-bond acceptors (Lipinski definition) is 5. The lowest BCUT2D eigenvalue weighted by molar-refractivity contribution is -0.123. The van der Waals surface area contributed by atoms with E-state index >= 15 is 0 Å². The first kappa shape index (κ1) is 20.4. The van der Waals surface area contributed by atoms with Crippen LogP contribution in [0, 0.1) is 0 Å². The fourth-order valence-corrected chi connectivity index (χ4v) is 4.41. The van der Waals surface area contributed by atoms with E-state index in [4.69, 9.17) is 11.6 Å². The first-order valence-electron chi connectivity index (χ1n) is 10.2. The number of rotatable bonds is 4. The van der Waals surface area contributed by atoms with E-state index in [-0.39, 0.29) is 23.7 Å². The first-order valence-corrected chi connectivity index (χ1v) is 10.6. The molecule has 30 heavy (non-hydrogen) atoms.